The highest BCUT2D eigenvalue weighted by Gasteiger charge is 2.24. The first-order valence-electron chi connectivity index (χ1n) is 8.98. The molecule has 10 heteroatoms. The van der Waals surface area contributed by atoms with Gasteiger partial charge in [0.15, 0.2) is 0 Å². The third kappa shape index (κ3) is 4.54. The van der Waals surface area contributed by atoms with Gasteiger partial charge >= 0.3 is 5.97 Å². The number of nitrogens with one attached hydrogen (secondary N) is 1. The zero-order chi connectivity index (χ0) is 22.6. The second kappa shape index (κ2) is 9.19. The summed E-state index contributed by atoms with van der Waals surface area (Å²) in [5.74, 6) is -0.613. The molecule has 0 spiro atoms. The van der Waals surface area contributed by atoms with Crippen molar-refractivity contribution in [2.24, 2.45) is 0 Å². The highest BCUT2D eigenvalue weighted by molar-refractivity contribution is 7.92. The van der Waals surface area contributed by atoms with E-state index in [0.717, 1.165) is 15.6 Å². The summed E-state index contributed by atoms with van der Waals surface area (Å²) in [5, 5.41) is 4.30. The number of ether oxygens (including phenoxy) is 2. The van der Waals surface area contributed by atoms with Crippen LogP contribution in [0.5, 0.6) is 5.75 Å². The summed E-state index contributed by atoms with van der Waals surface area (Å²) < 4.78 is 37.1. The first-order chi connectivity index (χ1) is 14.8. The summed E-state index contributed by atoms with van der Waals surface area (Å²) in [6, 6.07) is 13.9. The molecular formula is C21H20N2O6S2. The Bertz CT molecular complexity index is 1200. The highest BCUT2D eigenvalue weighted by atomic mass is 32.2. The van der Waals surface area contributed by atoms with E-state index in [-0.39, 0.29) is 15.3 Å². The number of para-hydroxylation sites is 2. The summed E-state index contributed by atoms with van der Waals surface area (Å²) in [6.07, 6.45) is 0. The van der Waals surface area contributed by atoms with Crippen molar-refractivity contribution >= 4 is 44.6 Å². The van der Waals surface area contributed by atoms with Gasteiger partial charge in [-0.3, -0.25) is 9.10 Å². The van der Waals surface area contributed by atoms with E-state index in [4.69, 9.17) is 9.47 Å². The Balaban J connectivity index is 1.81. The van der Waals surface area contributed by atoms with Crippen LogP contribution in [0.3, 0.4) is 0 Å². The quantitative estimate of drug-likeness (QED) is 0.541. The molecule has 0 fully saturated rings. The molecule has 0 bridgehead atoms. The Morgan fingerprint density at radius 1 is 1.00 bits per heavy atom. The van der Waals surface area contributed by atoms with Gasteiger partial charge in [-0.15, -0.1) is 11.3 Å². The molecule has 3 rings (SSSR count). The fraction of sp³-hybridized carbons (Fsp3) is 0.143. The fourth-order valence-corrected chi connectivity index (χ4v) is 4.78. The zero-order valence-corrected chi connectivity index (χ0v) is 18.6. The molecule has 0 aliphatic rings. The number of thiophene rings is 1. The number of sulfonamides is 1. The minimum Gasteiger partial charge on any atom is -0.495 e. The van der Waals surface area contributed by atoms with E-state index in [1.807, 2.05) is 0 Å². The summed E-state index contributed by atoms with van der Waals surface area (Å²) in [7, 11) is 0.276. The third-order valence-electron chi connectivity index (χ3n) is 4.48. The van der Waals surface area contributed by atoms with Crippen LogP contribution in [0.1, 0.15) is 20.0 Å². The maximum Gasteiger partial charge on any atom is 0.350 e. The molecular weight excluding hydrogens is 440 g/mol. The van der Waals surface area contributed by atoms with Crippen molar-refractivity contribution in [3.05, 3.63) is 70.4 Å². The number of rotatable bonds is 7. The Morgan fingerprint density at radius 3 is 2.32 bits per heavy atom. The van der Waals surface area contributed by atoms with E-state index in [0.29, 0.717) is 17.1 Å². The van der Waals surface area contributed by atoms with Crippen LogP contribution in [0.25, 0.3) is 0 Å². The second-order valence-electron chi connectivity index (χ2n) is 6.28. The molecule has 0 atom stereocenters. The van der Waals surface area contributed by atoms with E-state index in [2.05, 4.69) is 5.32 Å². The van der Waals surface area contributed by atoms with Crippen LogP contribution >= 0.6 is 11.3 Å². The number of amides is 1. The van der Waals surface area contributed by atoms with Crippen molar-refractivity contribution in [1.29, 1.82) is 0 Å². The van der Waals surface area contributed by atoms with E-state index >= 15 is 0 Å². The average molecular weight is 461 g/mol. The normalized spacial score (nSPS) is 10.9. The molecule has 0 unspecified atom stereocenters. The van der Waals surface area contributed by atoms with Crippen LogP contribution in [0.15, 0.2) is 64.9 Å². The number of hydrogen-bond acceptors (Lipinski definition) is 7. The van der Waals surface area contributed by atoms with Gasteiger partial charge in [0.2, 0.25) is 0 Å². The summed E-state index contributed by atoms with van der Waals surface area (Å²) in [6.45, 7) is 0. The molecule has 0 radical (unpaired) electrons. The van der Waals surface area contributed by atoms with E-state index < -0.39 is 21.9 Å². The number of anilines is 2. The Hall–Kier alpha value is -3.37. The Kier molecular flexibility index (Phi) is 6.62. The van der Waals surface area contributed by atoms with Crippen LogP contribution < -0.4 is 14.4 Å². The molecule has 8 nitrogen and oxygen atoms in total. The van der Waals surface area contributed by atoms with Gasteiger partial charge in [-0.1, -0.05) is 12.1 Å². The van der Waals surface area contributed by atoms with Gasteiger partial charge < -0.3 is 14.8 Å². The van der Waals surface area contributed by atoms with Gasteiger partial charge in [-0.25, -0.2) is 13.2 Å². The first kappa shape index (κ1) is 22.3. The number of methoxy groups -OCH3 is 2. The zero-order valence-electron chi connectivity index (χ0n) is 17.0. The van der Waals surface area contributed by atoms with Crippen molar-refractivity contribution in [2.75, 3.05) is 30.9 Å². The minimum absolute atomic E-state index is 0.0169. The molecule has 0 saturated carbocycles. The van der Waals surface area contributed by atoms with Gasteiger partial charge in [0.05, 0.1) is 30.5 Å². The fourth-order valence-electron chi connectivity index (χ4n) is 2.81. The summed E-state index contributed by atoms with van der Waals surface area (Å²) in [5.41, 5.74) is 0.954. The van der Waals surface area contributed by atoms with Gasteiger partial charge in [-0.05, 0) is 47.8 Å². The van der Waals surface area contributed by atoms with Crippen LogP contribution in [-0.2, 0) is 14.8 Å². The molecule has 3 aromatic rings. The van der Waals surface area contributed by atoms with E-state index in [1.54, 1.807) is 35.7 Å². The Labute approximate surface area is 184 Å². The lowest BCUT2D eigenvalue weighted by Gasteiger charge is -2.21. The van der Waals surface area contributed by atoms with Crippen molar-refractivity contribution < 1.29 is 27.5 Å². The molecule has 0 saturated heterocycles. The monoisotopic (exact) mass is 460 g/mol. The maximum atomic E-state index is 13.0. The van der Waals surface area contributed by atoms with E-state index in [1.165, 1.54) is 45.5 Å². The predicted octanol–water partition coefficient (Wildman–Crippen LogP) is 3.62. The second-order valence-corrected chi connectivity index (χ2v) is 9.16. The van der Waals surface area contributed by atoms with Gasteiger partial charge in [0.1, 0.15) is 10.6 Å². The molecule has 1 aromatic heterocycles. The molecule has 0 aliphatic carbocycles. The van der Waals surface area contributed by atoms with E-state index in [9.17, 15) is 18.0 Å². The SMILES string of the molecule is COC(=O)c1sccc1NC(=O)c1ccc(S(=O)(=O)N(C)c2ccccc2OC)cc1. The Morgan fingerprint density at radius 2 is 1.68 bits per heavy atom. The largest absolute Gasteiger partial charge is 0.495 e. The van der Waals surface area contributed by atoms with Crippen molar-refractivity contribution in [3.8, 4) is 5.75 Å². The lowest BCUT2D eigenvalue weighted by Crippen LogP contribution is -2.27. The number of carbonyl (C=O) groups excluding carboxylic acids is 2. The summed E-state index contributed by atoms with van der Waals surface area (Å²) in [4.78, 5) is 24.6. The lowest BCUT2D eigenvalue weighted by molar-refractivity contribution is 0.0607. The van der Waals surface area contributed by atoms with Crippen LogP contribution in [-0.4, -0.2) is 41.6 Å². The van der Waals surface area contributed by atoms with Gasteiger partial charge in [0.25, 0.3) is 15.9 Å². The minimum atomic E-state index is -3.88. The van der Waals surface area contributed by atoms with Crippen molar-refractivity contribution in [1.82, 2.24) is 0 Å². The lowest BCUT2D eigenvalue weighted by atomic mass is 10.2. The van der Waals surface area contributed by atoms with Crippen LogP contribution in [0.2, 0.25) is 0 Å². The van der Waals surface area contributed by atoms with Crippen LogP contribution in [0, 0.1) is 0 Å². The number of esters is 1. The molecule has 162 valence electrons. The van der Waals surface area contributed by atoms with Crippen LogP contribution in [0.4, 0.5) is 11.4 Å². The molecule has 2 aromatic carbocycles. The van der Waals surface area contributed by atoms with Crippen molar-refractivity contribution in [3.63, 3.8) is 0 Å². The third-order valence-corrected chi connectivity index (χ3v) is 7.16. The standard InChI is InChI=1S/C21H20N2O6S2/c1-23(17-6-4-5-7-18(17)28-2)31(26,27)15-10-8-14(9-11-15)20(24)22-16-12-13-30-19(16)21(25)29-3/h4-13H,1-3H3,(H,22,24). The average Bonchev–Trinajstić information content (AvgIpc) is 3.26. The van der Waals surface area contributed by atoms with Gasteiger partial charge in [-0.2, -0.15) is 0 Å². The molecule has 1 N–H and O–H groups in total. The predicted molar refractivity (Wildman–Crippen MR) is 119 cm³/mol. The molecule has 0 aliphatic heterocycles. The maximum absolute atomic E-state index is 13.0. The highest BCUT2D eigenvalue weighted by Crippen LogP contribution is 2.31. The molecule has 1 heterocycles. The topological polar surface area (TPSA) is 102 Å². The number of benzene rings is 2. The smallest absolute Gasteiger partial charge is 0.350 e. The number of nitrogens with zero attached hydrogens (tertiary/aromatic N) is 1. The molecule has 1 amide bonds. The van der Waals surface area contributed by atoms with Gasteiger partial charge in [0, 0.05) is 12.6 Å². The number of carbonyl (C=O) groups is 2. The first-order valence-corrected chi connectivity index (χ1v) is 11.3. The molecule has 31 heavy (non-hydrogen) atoms. The summed E-state index contributed by atoms with van der Waals surface area (Å²) >= 11 is 1.14. The number of hydrogen-bond donors (Lipinski definition) is 1. The van der Waals surface area contributed by atoms with Crippen molar-refractivity contribution in [2.45, 2.75) is 4.90 Å².